The number of carbonyl (C=O) groups excluding carboxylic acids is 3. The summed E-state index contributed by atoms with van der Waals surface area (Å²) in [6.45, 7) is 7.60. The summed E-state index contributed by atoms with van der Waals surface area (Å²) < 4.78 is 0. The number of nitrogens with zero attached hydrogens (tertiary/aromatic N) is 2. The van der Waals surface area contributed by atoms with Crippen LogP contribution in [0, 0.1) is 0 Å². The lowest BCUT2D eigenvalue weighted by Crippen LogP contribution is -2.45. The quantitative estimate of drug-likeness (QED) is 0.439. The molecule has 0 aliphatic heterocycles. The minimum atomic E-state index is -0.713. The second-order valence-corrected chi connectivity index (χ2v) is 6.58. The molecular weight excluding hydrogens is 370 g/mol. The standard InChI is InChI=1S/C21H25N5O3/c1-14(2)19(27)24-8-5-9-25-20(28)15(3)26-21(29)18-10-17(12-23-13-18)16-6-4-7-22-11-16/h4,6-7,10-13,15H,1,5,8-9H2,2-3H3,(H,24,27)(H,25,28)(H,26,29). The van der Waals surface area contributed by atoms with Crippen molar-refractivity contribution in [2.24, 2.45) is 0 Å². The fourth-order valence-corrected chi connectivity index (χ4v) is 2.41. The van der Waals surface area contributed by atoms with E-state index in [9.17, 15) is 14.4 Å². The van der Waals surface area contributed by atoms with E-state index in [0.29, 0.717) is 30.6 Å². The van der Waals surface area contributed by atoms with Crippen molar-refractivity contribution >= 4 is 17.7 Å². The van der Waals surface area contributed by atoms with E-state index < -0.39 is 6.04 Å². The Morgan fingerprint density at radius 2 is 1.79 bits per heavy atom. The van der Waals surface area contributed by atoms with Crippen molar-refractivity contribution in [2.75, 3.05) is 13.1 Å². The van der Waals surface area contributed by atoms with Gasteiger partial charge >= 0.3 is 0 Å². The monoisotopic (exact) mass is 395 g/mol. The van der Waals surface area contributed by atoms with E-state index in [0.717, 1.165) is 11.1 Å². The van der Waals surface area contributed by atoms with Crippen molar-refractivity contribution in [3.63, 3.8) is 0 Å². The molecule has 0 aliphatic rings. The smallest absolute Gasteiger partial charge is 0.253 e. The average molecular weight is 395 g/mol. The molecule has 2 heterocycles. The van der Waals surface area contributed by atoms with Gasteiger partial charge in [-0.15, -0.1) is 0 Å². The molecule has 2 aromatic heterocycles. The molecule has 3 N–H and O–H groups in total. The number of aromatic nitrogens is 2. The van der Waals surface area contributed by atoms with Crippen LogP contribution < -0.4 is 16.0 Å². The molecule has 152 valence electrons. The van der Waals surface area contributed by atoms with E-state index >= 15 is 0 Å². The van der Waals surface area contributed by atoms with Gasteiger partial charge in [-0.3, -0.25) is 24.4 Å². The number of pyridine rings is 2. The number of hydrogen-bond acceptors (Lipinski definition) is 5. The van der Waals surface area contributed by atoms with Gasteiger partial charge in [0.15, 0.2) is 0 Å². The Morgan fingerprint density at radius 1 is 1.07 bits per heavy atom. The molecule has 0 bridgehead atoms. The summed E-state index contributed by atoms with van der Waals surface area (Å²) in [6.07, 6.45) is 7.03. The van der Waals surface area contributed by atoms with Gasteiger partial charge in [0.1, 0.15) is 6.04 Å². The summed E-state index contributed by atoms with van der Waals surface area (Å²) in [5, 5.41) is 8.08. The van der Waals surface area contributed by atoms with Crippen LogP contribution in [0.2, 0.25) is 0 Å². The van der Waals surface area contributed by atoms with Crippen LogP contribution >= 0.6 is 0 Å². The first kappa shape index (κ1) is 21.7. The molecule has 0 saturated carbocycles. The summed E-state index contributed by atoms with van der Waals surface area (Å²) in [5.41, 5.74) is 2.40. The highest BCUT2D eigenvalue weighted by atomic mass is 16.2. The first-order chi connectivity index (χ1) is 13.9. The zero-order chi connectivity index (χ0) is 21.2. The number of amides is 3. The number of hydrogen-bond donors (Lipinski definition) is 3. The van der Waals surface area contributed by atoms with Crippen LogP contribution in [0.3, 0.4) is 0 Å². The van der Waals surface area contributed by atoms with Gasteiger partial charge in [-0.05, 0) is 32.4 Å². The van der Waals surface area contributed by atoms with Gasteiger partial charge in [-0.2, -0.15) is 0 Å². The van der Waals surface area contributed by atoms with Crippen molar-refractivity contribution in [1.82, 2.24) is 25.9 Å². The molecule has 0 saturated heterocycles. The molecule has 0 fully saturated rings. The fourth-order valence-electron chi connectivity index (χ4n) is 2.41. The van der Waals surface area contributed by atoms with Crippen molar-refractivity contribution < 1.29 is 14.4 Å². The molecule has 0 spiro atoms. The van der Waals surface area contributed by atoms with Gasteiger partial charge in [0.25, 0.3) is 5.91 Å². The fraction of sp³-hybridized carbons (Fsp3) is 0.286. The molecular formula is C21H25N5O3. The van der Waals surface area contributed by atoms with Gasteiger partial charge < -0.3 is 16.0 Å². The van der Waals surface area contributed by atoms with E-state index in [2.05, 4.69) is 32.5 Å². The van der Waals surface area contributed by atoms with Crippen LogP contribution in [-0.4, -0.2) is 46.8 Å². The number of rotatable bonds is 9. The molecule has 8 nitrogen and oxygen atoms in total. The largest absolute Gasteiger partial charge is 0.354 e. The van der Waals surface area contributed by atoms with Crippen LogP contribution in [0.15, 0.2) is 55.1 Å². The summed E-state index contributed by atoms with van der Waals surface area (Å²) in [6, 6.07) is 4.67. The average Bonchev–Trinajstić information content (AvgIpc) is 2.73. The van der Waals surface area contributed by atoms with Crippen LogP contribution in [0.5, 0.6) is 0 Å². The van der Waals surface area contributed by atoms with Crippen LogP contribution in [0.1, 0.15) is 30.6 Å². The highest BCUT2D eigenvalue weighted by molar-refractivity contribution is 5.98. The molecule has 2 rings (SSSR count). The Morgan fingerprint density at radius 3 is 2.48 bits per heavy atom. The second kappa shape index (κ2) is 10.7. The van der Waals surface area contributed by atoms with E-state index in [4.69, 9.17) is 0 Å². The van der Waals surface area contributed by atoms with E-state index in [1.807, 2.05) is 6.07 Å². The van der Waals surface area contributed by atoms with Crippen molar-refractivity contribution in [3.05, 3.63) is 60.7 Å². The minimum absolute atomic E-state index is 0.209. The number of nitrogens with one attached hydrogen (secondary N) is 3. The molecule has 0 aliphatic carbocycles. The molecule has 29 heavy (non-hydrogen) atoms. The van der Waals surface area contributed by atoms with E-state index in [1.54, 1.807) is 44.6 Å². The lowest BCUT2D eigenvalue weighted by Gasteiger charge is -2.14. The molecule has 3 amide bonds. The van der Waals surface area contributed by atoms with Crippen LogP contribution in [-0.2, 0) is 9.59 Å². The lowest BCUT2D eigenvalue weighted by molar-refractivity contribution is -0.122. The zero-order valence-electron chi connectivity index (χ0n) is 16.6. The van der Waals surface area contributed by atoms with Crippen molar-refractivity contribution in [1.29, 1.82) is 0 Å². The first-order valence-electron chi connectivity index (χ1n) is 9.26. The highest BCUT2D eigenvalue weighted by Gasteiger charge is 2.17. The van der Waals surface area contributed by atoms with Crippen LogP contribution in [0.4, 0.5) is 0 Å². The van der Waals surface area contributed by atoms with Crippen LogP contribution in [0.25, 0.3) is 11.1 Å². The van der Waals surface area contributed by atoms with E-state index in [1.165, 1.54) is 6.20 Å². The van der Waals surface area contributed by atoms with Gasteiger partial charge in [-0.25, -0.2) is 0 Å². The Bertz CT molecular complexity index is 883. The Hall–Kier alpha value is -3.55. The molecule has 1 atom stereocenters. The molecule has 8 heteroatoms. The molecule has 0 aromatic carbocycles. The Kier molecular flexibility index (Phi) is 8.02. The first-order valence-corrected chi connectivity index (χ1v) is 9.26. The maximum atomic E-state index is 12.5. The van der Waals surface area contributed by atoms with Crippen molar-refractivity contribution in [2.45, 2.75) is 26.3 Å². The maximum Gasteiger partial charge on any atom is 0.253 e. The predicted molar refractivity (Wildman–Crippen MR) is 110 cm³/mol. The summed E-state index contributed by atoms with van der Waals surface area (Å²) >= 11 is 0. The van der Waals surface area contributed by atoms with Crippen molar-refractivity contribution in [3.8, 4) is 11.1 Å². The Balaban J connectivity index is 1.82. The Labute approximate surface area is 169 Å². The second-order valence-electron chi connectivity index (χ2n) is 6.58. The maximum absolute atomic E-state index is 12.5. The highest BCUT2D eigenvalue weighted by Crippen LogP contribution is 2.17. The predicted octanol–water partition coefficient (Wildman–Crippen LogP) is 1.46. The third-order valence-corrected chi connectivity index (χ3v) is 4.06. The molecule has 1 unspecified atom stereocenters. The summed E-state index contributed by atoms with van der Waals surface area (Å²) in [5.74, 6) is -0.903. The SMILES string of the molecule is C=C(C)C(=O)NCCCNC(=O)C(C)NC(=O)c1cncc(-c2cccnc2)c1. The lowest BCUT2D eigenvalue weighted by atomic mass is 10.1. The summed E-state index contributed by atoms with van der Waals surface area (Å²) in [4.78, 5) is 44.1. The third kappa shape index (κ3) is 6.84. The van der Waals surface area contributed by atoms with E-state index in [-0.39, 0.29) is 17.7 Å². The third-order valence-electron chi connectivity index (χ3n) is 4.06. The van der Waals surface area contributed by atoms with Gasteiger partial charge in [0, 0.05) is 54.6 Å². The summed E-state index contributed by atoms with van der Waals surface area (Å²) in [7, 11) is 0. The van der Waals surface area contributed by atoms with Gasteiger partial charge in [-0.1, -0.05) is 12.6 Å². The topological polar surface area (TPSA) is 113 Å². The number of carbonyl (C=O) groups is 3. The molecule has 0 radical (unpaired) electrons. The molecule has 2 aromatic rings. The normalized spacial score (nSPS) is 11.2. The van der Waals surface area contributed by atoms with Gasteiger partial charge in [0.05, 0.1) is 5.56 Å². The minimum Gasteiger partial charge on any atom is -0.354 e. The zero-order valence-corrected chi connectivity index (χ0v) is 16.6. The van der Waals surface area contributed by atoms with Gasteiger partial charge in [0.2, 0.25) is 11.8 Å².